The van der Waals surface area contributed by atoms with Crippen molar-refractivity contribution in [3.8, 4) is 0 Å². The summed E-state index contributed by atoms with van der Waals surface area (Å²) in [4.78, 5) is 38.4. The van der Waals surface area contributed by atoms with E-state index in [9.17, 15) is 24.6 Å². The van der Waals surface area contributed by atoms with Gasteiger partial charge < -0.3 is 24.1 Å². The summed E-state index contributed by atoms with van der Waals surface area (Å²) in [5, 5.41) is 23.8. The van der Waals surface area contributed by atoms with E-state index in [1.165, 1.54) is 20.3 Å². The molecule has 0 radical (unpaired) electrons. The molecule has 31 heavy (non-hydrogen) atoms. The first-order valence-corrected chi connectivity index (χ1v) is 10.7. The molecule has 1 heterocycles. The van der Waals surface area contributed by atoms with Crippen LogP contribution in [0.15, 0.2) is 16.7 Å². The lowest BCUT2D eigenvalue weighted by atomic mass is 9.39. The van der Waals surface area contributed by atoms with Crippen molar-refractivity contribution in [1.82, 2.24) is 0 Å². The van der Waals surface area contributed by atoms with Gasteiger partial charge in [-0.2, -0.15) is 0 Å². The largest absolute Gasteiger partial charge is 0.469 e. The second kappa shape index (κ2) is 6.90. The topological polar surface area (TPSA) is 123 Å². The van der Waals surface area contributed by atoms with E-state index in [1.807, 2.05) is 13.8 Å². The van der Waals surface area contributed by atoms with Crippen LogP contribution >= 0.6 is 0 Å². The summed E-state index contributed by atoms with van der Waals surface area (Å²) < 4.78 is 16.2. The zero-order valence-corrected chi connectivity index (χ0v) is 18.5. The monoisotopic (exact) mass is 434 g/mol. The average Bonchev–Trinajstić information content (AvgIpc) is 3.18. The number of methoxy groups -OCH3 is 1. The molecule has 2 N–H and O–H groups in total. The highest BCUT2D eigenvalue weighted by Gasteiger charge is 2.76. The lowest BCUT2D eigenvalue weighted by Crippen LogP contribution is -2.79. The predicted octanol–water partition coefficient (Wildman–Crippen LogP) is 1.76. The Labute approximate surface area is 180 Å². The molecule has 2 saturated carbocycles. The van der Waals surface area contributed by atoms with Crippen LogP contribution in [0.2, 0.25) is 0 Å². The molecule has 0 aliphatic heterocycles. The Morgan fingerprint density at radius 3 is 2.55 bits per heavy atom. The van der Waals surface area contributed by atoms with Crippen molar-refractivity contribution in [2.45, 2.75) is 70.7 Å². The Balaban J connectivity index is 1.99. The number of esters is 2. The smallest absolute Gasteiger partial charge is 0.313 e. The summed E-state index contributed by atoms with van der Waals surface area (Å²) in [6.45, 7) is 6.52. The van der Waals surface area contributed by atoms with E-state index in [4.69, 9.17) is 13.9 Å². The lowest BCUT2D eigenvalue weighted by Gasteiger charge is -2.67. The second-order valence-electron chi connectivity index (χ2n) is 9.98. The van der Waals surface area contributed by atoms with Crippen molar-refractivity contribution in [2.75, 3.05) is 7.11 Å². The Morgan fingerprint density at radius 1 is 1.26 bits per heavy atom. The van der Waals surface area contributed by atoms with Crippen molar-refractivity contribution in [2.24, 2.45) is 22.7 Å². The molecule has 1 aromatic heterocycles. The number of ketones is 1. The minimum Gasteiger partial charge on any atom is -0.469 e. The van der Waals surface area contributed by atoms with Crippen LogP contribution in [0.4, 0.5) is 0 Å². The number of carbonyl (C=O) groups excluding carboxylic acids is 3. The molecule has 3 aliphatic carbocycles. The van der Waals surface area contributed by atoms with E-state index in [-0.39, 0.29) is 18.6 Å². The fourth-order valence-corrected chi connectivity index (χ4v) is 6.75. The van der Waals surface area contributed by atoms with Gasteiger partial charge in [0.2, 0.25) is 0 Å². The highest BCUT2D eigenvalue weighted by molar-refractivity contribution is 5.89. The number of fused-ring (bicyclic) bond motifs is 4. The molecule has 7 atom stereocenters. The zero-order chi connectivity index (χ0) is 22.9. The molecule has 0 aromatic carbocycles. The third-order valence-corrected chi connectivity index (χ3v) is 8.36. The van der Waals surface area contributed by atoms with Gasteiger partial charge in [-0.05, 0) is 30.7 Å². The highest BCUT2D eigenvalue weighted by atomic mass is 16.6. The van der Waals surface area contributed by atoms with E-state index < -0.39 is 58.3 Å². The number of aliphatic hydroxyl groups excluding tert-OH is 1. The highest BCUT2D eigenvalue weighted by Crippen LogP contribution is 2.66. The number of hydrogen-bond acceptors (Lipinski definition) is 8. The first-order valence-electron chi connectivity index (χ1n) is 10.7. The average molecular weight is 434 g/mol. The van der Waals surface area contributed by atoms with Crippen molar-refractivity contribution >= 4 is 17.7 Å². The second-order valence-corrected chi connectivity index (χ2v) is 9.98. The van der Waals surface area contributed by atoms with E-state index in [0.29, 0.717) is 17.7 Å². The summed E-state index contributed by atoms with van der Waals surface area (Å²) in [6.07, 6.45) is -0.404. The summed E-state index contributed by atoms with van der Waals surface area (Å²) in [5.41, 5.74) is -3.47. The molecule has 1 aromatic rings. The van der Waals surface area contributed by atoms with E-state index in [0.717, 1.165) is 0 Å². The van der Waals surface area contributed by atoms with Crippen molar-refractivity contribution < 1.29 is 38.5 Å². The molecule has 0 amide bonds. The summed E-state index contributed by atoms with van der Waals surface area (Å²) in [5.74, 6) is -3.22. The third kappa shape index (κ3) is 2.64. The van der Waals surface area contributed by atoms with E-state index in [2.05, 4.69) is 0 Å². The molecule has 0 bridgehead atoms. The minimum absolute atomic E-state index is 0.174. The van der Waals surface area contributed by atoms with Crippen LogP contribution in [0, 0.1) is 22.7 Å². The van der Waals surface area contributed by atoms with Gasteiger partial charge in [0.25, 0.3) is 0 Å². The van der Waals surface area contributed by atoms with Gasteiger partial charge >= 0.3 is 11.9 Å². The van der Waals surface area contributed by atoms with Crippen LogP contribution in [-0.2, 0) is 30.3 Å². The first kappa shape index (κ1) is 22.0. The molecule has 0 spiro atoms. The molecule has 2 fully saturated rings. The van der Waals surface area contributed by atoms with Gasteiger partial charge in [-0.3, -0.25) is 14.4 Å². The third-order valence-electron chi connectivity index (χ3n) is 8.36. The Kier molecular flexibility index (Phi) is 4.90. The molecule has 8 heteroatoms. The quantitative estimate of drug-likeness (QED) is 0.675. The van der Waals surface area contributed by atoms with Crippen LogP contribution in [0.3, 0.4) is 0 Å². The summed E-state index contributed by atoms with van der Waals surface area (Å²) in [7, 11) is 1.26. The fourth-order valence-electron chi connectivity index (χ4n) is 6.75. The van der Waals surface area contributed by atoms with Crippen LogP contribution < -0.4 is 0 Å². The number of rotatable bonds is 2. The van der Waals surface area contributed by atoms with Gasteiger partial charge in [-0.25, -0.2) is 0 Å². The van der Waals surface area contributed by atoms with Gasteiger partial charge in [-0.15, -0.1) is 0 Å². The lowest BCUT2D eigenvalue weighted by molar-refractivity contribution is -0.301. The van der Waals surface area contributed by atoms with E-state index in [1.54, 1.807) is 13.0 Å². The minimum atomic E-state index is -1.84. The molecule has 8 nitrogen and oxygen atoms in total. The number of Topliss-reactive ketones (excluding diaryl/α,β-unsaturated/α-hetero) is 1. The molecule has 170 valence electrons. The van der Waals surface area contributed by atoms with Crippen molar-refractivity contribution in [1.29, 1.82) is 0 Å². The molecular weight excluding hydrogens is 404 g/mol. The molecule has 0 saturated heterocycles. The van der Waals surface area contributed by atoms with Gasteiger partial charge in [0.15, 0.2) is 6.10 Å². The maximum Gasteiger partial charge on any atom is 0.313 e. The maximum atomic E-state index is 13.5. The van der Waals surface area contributed by atoms with Gasteiger partial charge in [0, 0.05) is 31.2 Å². The predicted molar refractivity (Wildman–Crippen MR) is 107 cm³/mol. The normalized spacial score (nSPS) is 40.9. The summed E-state index contributed by atoms with van der Waals surface area (Å²) >= 11 is 0. The zero-order valence-electron chi connectivity index (χ0n) is 18.5. The van der Waals surface area contributed by atoms with Crippen molar-refractivity contribution in [3.05, 3.63) is 23.7 Å². The SMILES string of the molecule is COC(=O)[C@@H]1c2ccoc2C[C@H]2[C@H]1[C@@H](O)[C@H](OC(C)=O)[C@@]1(O)C(C)(C)CCC(=O)[C@]21C. The number of aliphatic hydroxyl groups is 2. The first-order chi connectivity index (χ1) is 14.4. The Hall–Kier alpha value is -2.19. The van der Waals surface area contributed by atoms with Gasteiger partial charge in [-0.1, -0.05) is 13.8 Å². The number of furan rings is 1. The fraction of sp³-hybridized carbons (Fsp3) is 0.696. The number of ether oxygens (including phenoxy) is 2. The molecule has 0 unspecified atom stereocenters. The van der Waals surface area contributed by atoms with Crippen molar-refractivity contribution in [3.63, 3.8) is 0 Å². The maximum absolute atomic E-state index is 13.5. The van der Waals surface area contributed by atoms with Gasteiger partial charge in [0.1, 0.15) is 17.1 Å². The Bertz CT molecular complexity index is 932. The number of hydrogen-bond donors (Lipinski definition) is 2. The van der Waals surface area contributed by atoms with E-state index >= 15 is 0 Å². The van der Waals surface area contributed by atoms with Gasteiger partial charge in [0.05, 0.1) is 30.8 Å². The number of carbonyl (C=O) groups is 3. The van der Waals surface area contributed by atoms with Crippen LogP contribution in [0.5, 0.6) is 0 Å². The summed E-state index contributed by atoms with van der Waals surface area (Å²) in [6, 6.07) is 1.66. The molecule has 4 rings (SSSR count). The Morgan fingerprint density at radius 2 is 1.94 bits per heavy atom. The molecule has 3 aliphatic rings. The molecular formula is C23H30O8. The standard InChI is InChI=1S/C23H30O8/c1-11(24)31-19-18(26)17-13(10-14-12(7-9-30-14)16(17)20(27)29-5)22(4)15(25)6-8-21(2,3)23(19,22)28/h7,9,13,16-19,26,28H,6,8,10H2,1-5H3/t13-,16+,17+,18+,19-,22-,23+/m0/s1. The van der Waals surface area contributed by atoms with Crippen LogP contribution in [0.25, 0.3) is 0 Å². The van der Waals surface area contributed by atoms with Crippen LogP contribution in [-0.4, -0.2) is 52.9 Å². The van der Waals surface area contributed by atoms with Crippen LogP contribution in [0.1, 0.15) is 57.8 Å².